The van der Waals surface area contributed by atoms with Gasteiger partial charge < -0.3 is 10.6 Å². The van der Waals surface area contributed by atoms with Gasteiger partial charge in [0.1, 0.15) is 0 Å². The highest BCUT2D eigenvalue weighted by atomic mass is 35.5. The normalized spacial score (nSPS) is 12.8. The maximum atomic E-state index is 12.1. The van der Waals surface area contributed by atoms with Crippen LogP contribution in [0.4, 0.5) is 11.4 Å². The van der Waals surface area contributed by atoms with Gasteiger partial charge in [-0.1, -0.05) is 6.07 Å². The van der Waals surface area contributed by atoms with E-state index in [2.05, 4.69) is 16.7 Å². The number of aryl methyl sites for hydroxylation is 2. The zero-order chi connectivity index (χ0) is 13.2. The average molecular weight is 309 g/mol. The maximum absolute atomic E-state index is 12.1. The van der Waals surface area contributed by atoms with Crippen LogP contribution in [0, 0.1) is 6.92 Å². The summed E-state index contributed by atoms with van der Waals surface area (Å²) >= 11 is 1.48. The van der Waals surface area contributed by atoms with E-state index in [4.69, 9.17) is 0 Å². The Kier molecular flexibility index (Phi) is 4.68. The Bertz CT molecular complexity index is 624. The van der Waals surface area contributed by atoms with Crippen LogP contribution in [0.15, 0.2) is 29.6 Å². The van der Waals surface area contributed by atoms with Crippen molar-refractivity contribution in [3.05, 3.63) is 45.6 Å². The van der Waals surface area contributed by atoms with Gasteiger partial charge >= 0.3 is 0 Å². The van der Waals surface area contributed by atoms with Crippen LogP contribution in [-0.2, 0) is 6.42 Å². The highest BCUT2D eigenvalue weighted by Gasteiger charge is 2.13. The quantitative estimate of drug-likeness (QED) is 0.877. The fourth-order valence-electron chi connectivity index (χ4n) is 2.33. The van der Waals surface area contributed by atoms with E-state index < -0.39 is 0 Å². The molecule has 2 aromatic rings. The van der Waals surface area contributed by atoms with Gasteiger partial charge in [-0.3, -0.25) is 4.79 Å². The Labute approximate surface area is 128 Å². The number of rotatable bonds is 2. The number of carbonyl (C=O) groups is 1. The van der Waals surface area contributed by atoms with Gasteiger partial charge in [-0.2, -0.15) is 0 Å². The summed E-state index contributed by atoms with van der Waals surface area (Å²) in [6.45, 7) is 2.97. The number of amides is 1. The summed E-state index contributed by atoms with van der Waals surface area (Å²) < 4.78 is 0. The Morgan fingerprint density at radius 3 is 2.95 bits per heavy atom. The molecule has 2 N–H and O–H groups in total. The molecule has 0 bridgehead atoms. The van der Waals surface area contributed by atoms with Crippen LogP contribution >= 0.6 is 23.7 Å². The topological polar surface area (TPSA) is 41.1 Å². The molecule has 0 saturated carbocycles. The molecule has 1 aliphatic rings. The van der Waals surface area contributed by atoms with Gasteiger partial charge in [0.15, 0.2) is 0 Å². The number of benzene rings is 1. The van der Waals surface area contributed by atoms with Crippen molar-refractivity contribution in [3.63, 3.8) is 0 Å². The minimum absolute atomic E-state index is 0. The molecule has 0 spiro atoms. The van der Waals surface area contributed by atoms with E-state index in [1.165, 1.54) is 23.3 Å². The van der Waals surface area contributed by atoms with Crippen molar-refractivity contribution in [2.45, 2.75) is 19.8 Å². The van der Waals surface area contributed by atoms with Crippen molar-refractivity contribution < 1.29 is 4.79 Å². The molecule has 5 heteroatoms. The monoisotopic (exact) mass is 308 g/mol. The van der Waals surface area contributed by atoms with Crippen molar-refractivity contribution in [1.29, 1.82) is 0 Å². The molecule has 106 valence electrons. The van der Waals surface area contributed by atoms with Crippen LogP contribution in [-0.4, -0.2) is 12.5 Å². The summed E-state index contributed by atoms with van der Waals surface area (Å²) in [5.74, 6) is -0.0248. The lowest BCUT2D eigenvalue weighted by Crippen LogP contribution is -2.14. The Hall–Kier alpha value is -1.52. The first-order valence-corrected chi connectivity index (χ1v) is 7.34. The summed E-state index contributed by atoms with van der Waals surface area (Å²) in [4.78, 5) is 12.9. The third kappa shape index (κ3) is 2.97. The number of anilines is 2. The van der Waals surface area contributed by atoms with E-state index in [-0.39, 0.29) is 18.3 Å². The van der Waals surface area contributed by atoms with Crippen LogP contribution in [0.3, 0.4) is 0 Å². The van der Waals surface area contributed by atoms with E-state index in [0.29, 0.717) is 0 Å². The predicted molar refractivity (Wildman–Crippen MR) is 87.5 cm³/mol. The molecule has 1 aliphatic heterocycles. The number of nitrogens with one attached hydrogen (secondary N) is 2. The first kappa shape index (κ1) is 14.9. The van der Waals surface area contributed by atoms with E-state index in [9.17, 15) is 4.79 Å². The van der Waals surface area contributed by atoms with Crippen LogP contribution in [0.1, 0.15) is 27.2 Å². The summed E-state index contributed by atoms with van der Waals surface area (Å²) in [7, 11) is 0. The van der Waals surface area contributed by atoms with Crippen LogP contribution in [0.2, 0.25) is 0 Å². The molecule has 0 saturated heterocycles. The number of thiophene rings is 1. The first-order valence-electron chi connectivity index (χ1n) is 6.46. The fraction of sp³-hybridized carbons (Fsp3) is 0.267. The second-order valence-corrected chi connectivity index (χ2v) is 5.71. The zero-order valence-electron chi connectivity index (χ0n) is 11.2. The molecule has 0 unspecified atom stereocenters. The standard InChI is InChI=1S/C15H16N2OS.ClH/c1-10-6-8-19-14(10)15(18)17-12-5-4-11-3-2-7-16-13(11)9-12;/h4-6,8-9,16H,2-3,7H2,1H3,(H,17,18);1H. The second kappa shape index (κ2) is 6.29. The fourth-order valence-corrected chi connectivity index (χ4v) is 3.15. The van der Waals surface area contributed by atoms with Gasteiger partial charge in [0.25, 0.3) is 5.91 Å². The number of carbonyl (C=O) groups excluding carboxylic acids is 1. The molecule has 2 heterocycles. The minimum atomic E-state index is -0.0248. The molecule has 0 radical (unpaired) electrons. The third-order valence-corrected chi connectivity index (χ3v) is 4.39. The Morgan fingerprint density at radius 2 is 2.20 bits per heavy atom. The molecule has 0 fully saturated rings. The smallest absolute Gasteiger partial charge is 0.265 e. The summed E-state index contributed by atoms with van der Waals surface area (Å²) in [5.41, 5.74) is 4.35. The third-order valence-electron chi connectivity index (χ3n) is 3.37. The van der Waals surface area contributed by atoms with Gasteiger partial charge in [-0.05, 0) is 54.5 Å². The molecule has 1 amide bonds. The minimum Gasteiger partial charge on any atom is -0.385 e. The molecular weight excluding hydrogens is 292 g/mol. The van der Waals surface area contributed by atoms with Crippen molar-refractivity contribution in [1.82, 2.24) is 0 Å². The van der Waals surface area contributed by atoms with Gasteiger partial charge in [-0.15, -0.1) is 23.7 Å². The van der Waals surface area contributed by atoms with Crippen molar-refractivity contribution in [2.75, 3.05) is 17.2 Å². The summed E-state index contributed by atoms with van der Waals surface area (Å²) in [6.07, 6.45) is 2.29. The molecule has 3 nitrogen and oxygen atoms in total. The number of hydrogen-bond acceptors (Lipinski definition) is 3. The van der Waals surface area contributed by atoms with Crippen molar-refractivity contribution in [2.24, 2.45) is 0 Å². The van der Waals surface area contributed by atoms with E-state index in [1.54, 1.807) is 0 Å². The highest BCUT2D eigenvalue weighted by molar-refractivity contribution is 7.12. The number of halogens is 1. The lowest BCUT2D eigenvalue weighted by Gasteiger charge is -2.18. The van der Waals surface area contributed by atoms with Crippen LogP contribution in [0.5, 0.6) is 0 Å². The van der Waals surface area contributed by atoms with Crippen LogP contribution < -0.4 is 10.6 Å². The van der Waals surface area contributed by atoms with Gasteiger partial charge in [0, 0.05) is 17.9 Å². The van der Waals surface area contributed by atoms with Gasteiger partial charge in [-0.25, -0.2) is 0 Å². The highest BCUT2D eigenvalue weighted by Crippen LogP contribution is 2.26. The van der Waals surface area contributed by atoms with E-state index >= 15 is 0 Å². The predicted octanol–water partition coefficient (Wildman–Crippen LogP) is 4.09. The second-order valence-electron chi connectivity index (χ2n) is 4.79. The molecular formula is C15H17ClN2OS. The SMILES string of the molecule is Cc1ccsc1C(=O)Nc1ccc2c(c1)NCCC2.Cl. The average Bonchev–Trinajstić information content (AvgIpc) is 2.85. The molecule has 1 aromatic heterocycles. The van der Waals surface area contributed by atoms with E-state index in [1.807, 2.05) is 30.5 Å². The largest absolute Gasteiger partial charge is 0.385 e. The molecule has 0 aliphatic carbocycles. The molecule has 1 aromatic carbocycles. The zero-order valence-corrected chi connectivity index (χ0v) is 12.9. The lowest BCUT2D eigenvalue weighted by molar-refractivity contribution is 0.103. The number of hydrogen-bond donors (Lipinski definition) is 2. The summed E-state index contributed by atoms with van der Waals surface area (Å²) in [5, 5.41) is 8.28. The van der Waals surface area contributed by atoms with Gasteiger partial charge in [0.2, 0.25) is 0 Å². The summed E-state index contributed by atoms with van der Waals surface area (Å²) in [6, 6.07) is 8.06. The van der Waals surface area contributed by atoms with Crippen molar-refractivity contribution in [3.8, 4) is 0 Å². The molecule has 3 rings (SSSR count). The van der Waals surface area contributed by atoms with Crippen molar-refractivity contribution >= 4 is 41.0 Å². The van der Waals surface area contributed by atoms with Gasteiger partial charge in [0.05, 0.1) is 4.88 Å². The Morgan fingerprint density at radius 1 is 1.35 bits per heavy atom. The maximum Gasteiger partial charge on any atom is 0.265 e. The molecule has 0 atom stereocenters. The van der Waals surface area contributed by atoms with Crippen LogP contribution in [0.25, 0.3) is 0 Å². The Balaban J connectivity index is 0.00000147. The first-order chi connectivity index (χ1) is 9.24. The number of fused-ring (bicyclic) bond motifs is 1. The molecule has 20 heavy (non-hydrogen) atoms. The lowest BCUT2D eigenvalue weighted by atomic mass is 10.0. The van der Waals surface area contributed by atoms with E-state index in [0.717, 1.165) is 34.8 Å².